The number of hydrogen-bond donors (Lipinski definition) is 1. The van der Waals surface area contributed by atoms with Gasteiger partial charge in [-0.1, -0.05) is 46.8 Å². The summed E-state index contributed by atoms with van der Waals surface area (Å²) in [5.74, 6) is 1.64. The Morgan fingerprint density at radius 3 is 2.50 bits per heavy atom. The number of rotatable bonds is 5. The zero-order chi connectivity index (χ0) is 14.8. The molecule has 0 spiro atoms. The summed E-state index contributed by atoms with van der Waals surface area (Å²) in [4.78, 5) is 0. The molecule has 0 aromatic heterocycles. The van der Waals surface area contributed by atoms with E-state index in [-0.39, 0.29) is 5.60 Å². The summed E-state index contributed by atoms with van der Waals surface area (Å²) >= 11 is 0. The van der Waals surface area contributed by atoms with Crippen LogP contribution in [0.15, 0.2) is 18.2 Å². The first-order valence-electron chi connectivity index (χ1n) is 8.11. The van der Waals surface area contributed by atoms with E-state index in [1.54, 1.807) is 0 Å². The Labute approximate surface area is 123 Å². The molecule has 0 aliphatic carbocycles. The molecule has 1 aromatic carbocycles. The van der Waals surface area contributed by atoms with Crippen molar-refractivity contribution in [3.8, 4) is 5.75 Å². The van der Waals surface area contributed by atoms with Crippen LogP contribution in [0.5, 0.6) is 5.75 Å². The average Bonchev–Trinajstić information content (AvgIpc) is 2.46. The van der Waals surface area contributed by atoms with E-state index >= 15 is 0 Å². The third-order valence-corrected chi connectivity index (χ3v) is 4.72. The largest absolute Gasteiger partial charge is 0.487 e. The van der Waals surface area contributed by atoms with Crippen molar-refractivity contribution in [3.63, 3.8) is 0 Å². The summed E-state index contributed by atoms with van der Waals surface area (Å²) < 4.78 is 6.39. The Morgan fingerprint density at radius 2 is 1.95 bits per heavy atom. The van der Waals surface area contributed by atoms with E-state index in [4.69, 9.17) is 4.74 Å². The second-order valence-electron chi connectivity index (χ2n) is 6.26. The van der Waals surface area contributed by atoms with Crippen molar-refractivity contribution in [1.82, 2.24) is 5.32 Å². The molecule has 0 amide bonds. The minimum Gasteiger partial charge on any atom is -0.487 e. The Bertz CT molecular complexity index is 449. The van der Waals surface area contributed by atoms with Crippen LogP contribution in [0.1, 0.15) is 77.0 Å². The van der Waals surface area contributed by atoms with Crippen molar-refractivity contribution in [2.75, 3.05) is 6.54 Å². The van der Waals surface area contributed by atoms with Crippen LogP contribution in [0.2, 0.25) is 0 Å². The minimum atomic E-state index is -0.000809. The van der Waals surface area contributed by atoms with Gasteiger partial charge in [-0.15, -0.1) is 0 Å². The maximum Gasteiger partial charge on any atom is 0.124 e. The highest BCUT2D eigenvalue weighted by atomic mass is 16.5. The molecule has 1 N–H and O–H groups in total. The third-order valence-electron chi connectivity index (χ3n) is 4.72. The maximum absolute atomic E-state index is 6.39. The lowest BCUT2D eigenvalue weighted by atomic mass is 9.82. The fourth-order valence-corrected chi connectivity index (χ4v) is 3.16. The van der Waals surface area contributed by atoms with E-state index in [9.17, 15) is 0 Å². The second-order valence-corrected chi connectivity index (χ2v) is 6.26. The highest BCUT2D eigenvalue weighted by Crippen LogP contribution is 2.43. The molecule has 2 rings (SSSR count). The van der Waals surface area contributed by atoms with Gasteiger partial charge in [0.05, 0.1) is 0 Å². The smallest absolute Gasteiger partial charge is 0.124 e. The Balaban J connectivity index is 2.41. The molecular weight excluding hydrogens is 246 g/mol. The number of ether oxygens (including phenoxy) is 1. The van der Waals surface area contributed by atoms with Crippen molar-refractivity contribution in [3.05, 3.63) is 29.3 Å². The molecule has 20 heavy (non-hydrogen) atoms. The van der Waals surface area contributed by atoms with Gasteiger partial charge < -0.3 is 10.1 Å². The van der Waals surface area contributed by atoms with Crippen LogP contribution in [-0.4, -0.2) is 12.1 Å². The second kappa shape index (κ2) is 6.17. The Morgan fingerprint density at radius 1 is 1.25 bits per heavy atom. The molecule has 1 atom stereocenters. The molecule has 0 radical (unpaired) electrons. The first-order valence-corrected chi connectivity index (χ1v) is 8.11. The third kappa shape index (κ3) is 2.85. The first-order chi connectivity index (χ1) is 9.55. The van der Waals surface area contributed by atoms with Crippen molar-refractivity contribution in [2.24, 2.45) is 0 Å². The first kappa shape index (κ1) is 15.4. The van der Waals surface area contributed by atoms with Crippen LogP contribution in [0.3, 0.4) is 0 Å². The van der Waals surface area contributed by atoms with Crippen LogP contribution in [0.4, 0.5) is 0 Å². The fourth-order valence-electron chi connectivity index (χ4n) is 3.16. The molecule has 0 saturated heterocycles. The molecule has 0 fully saturated rings. The molecule has 0 bridgehead atoms. The summed E-state index contributed by atoms with van der Waals surface area (Å²) in [5, 5.41) is 3.65. The van der Waals surface area contributed by atoms with Gasteiger partial charge in [-0.25, -0.2) is 0 Å². The summed E-state index contributed by atoms with van der Waals surface area (Å²) in [6.45, 7) is 12.1. The summed E-state index contributed by atoms with van der Waals surface area (Å²) in [6.07, 6.45) is 3.20. The average molecular weight is 275 g/mol. The van der Waals surface area contributed by atoms with Crippen molar-refractivity contribution < 1.29 is 4.74 Å². The number of nitrogens with one attached hydrogen (secondary N) is 1. The normalized spacial score (nSPS) is 20.6. The maximum atomic E-state index is 6.39. The topological polar surface area (TPSA) is 21.3 Å². The van der Waals surface area contributed by atoms with Gasteiger partial charge >= 0.3 is 0 Å². The SMILES string of the molecule is CCNC1CC(CC)(CC)Oc2ccc(C(C)C)cc21. The summed E-state index contributed by atoms with van der Waals surface area (Å²) in [6, 6.07) is 7.15. The zero-order valence-corrected chi connectivity index (χ0v) is 13.6. The van der Waals surface area contributed by atoms with Gasteiger partial charge in [0.15, 0.2) is 0 Å². The number of hydrogen-bond acceptors (Lipinski definition) is 2. The van der Waals surface area contributed by atoms with Crippen molar-refractivity contribution >= 4 is 0 Å². The van der Waals surface area contributed by atoms with Gasteiger partial charge in [-0.05, 0) is 36.9 Å². The molecule has 2 heteroatoms. The summed E-state index contributed by atoms with van der Waals surface area (Å²) in [5.41, 5.74) is 2.74. The molecule has 2 nitrogen and oxygen atoms in total. The molecule has 112 valence electrons. The summed E-state index contributed by atoms with van der Waals surface area (Å²) in [7, 11) is 0. The van der Waals surface area contributed by atoms with E-state index in [0.29, 0.717) is 12.0 Å². The van der Waals surface area contributed by atoms with E-state index in [0.717, 1.165) is 31.6 Å². The monoisotopic (exact) mass is 275 g/mol. The van der Waals surface area contributed by atoms with Crippen LogP contribution in [0, 0.1) is 0 Å². The molecule has 1 unspecified atom stereocenters. The van der Waals surface area contributed by atoms with Crippen LogP contribution in [-0.2, 0) is 0 Å². The van der Waals surface area contributed by atoms with E-state index < -0.39 is 0 Å². The van der Waals surface area contributed by atoms with E-state index in [2.05, 4.69) is 58.1 Å². The number of fused-ring (bicyclic) bond motifs is 1. The lowest BCUT2D eigenvalue weighted by molar-refractivity contribution is 0.0230. The molecule has 0 saturated carbocycles. The van der Waals surface area contributed by atoms with Crippen molar-refractivity contribution in [1.29, 1.82) is 0 Å². The predicted octanol–water partition coefficient (Wildman–Crippen LogP) is 4.80. The predicted molar refractivity (Wildman–Crippen MR) is 85.5 cm³/mol. The van der Waals surface area contributed by atoms with Gasteiger partial charge in [-0.2, -0.15) is 0 Å². The Hall–Kier alpha value is -1.02. The minimum absolute atomic E-state index is 0.000809. The lowest BCUT2D eigenvalue weighted by Gasteiger charge is -2.42. The van der Waals surface area contributed by atoms with E-state index in [1.165, 1.54) is 11.1 Å². The standard InChI is InChI=1S/C18H29NO/c1-6-18(7-2)12-16(19-8-3)15-11-14(13(4)5)9-10-17(15)20-18/h9-11,13,16,19H,6-8,12H2,1-5H3. The fraction of sp³-hybridized carbons (Fsp3) is 0.667. The van der Waals surface area contributed by atoms with Gasteiger partial charge in [0.2, 0.25) is 0 Å². The Kier molecular flexibility index (Phi) is 4.74. The lowest BCUT2D eigenvalue weighted by Crippen LogP contribution is -2.43. The van der Waals surface area contributed by atoms with Crippen LogP contribution < -0.4 is 10.1 Å². The molecule has 1 aliphatic heterocycles. The highest BCUT2D eigenvalue weighted by molar-refractivity contribution is 5.43. The van der Waals surface area contributed by atoms with Gasteiger partial charge in [0.25, 0.3) is 0 Å². The highest BCUT2D eigenvalue weighted by Gasteiger charge is 2.38. The van der Waals surface area contributed by atoms with Gasteiger partial charge in [0.1, 0.15) is 11.4 Å². The van der Waals surface area contributed by atoms with Crippen LogP contribution >= 0.6 is 0 Å². The zero-order valence-electron chi connectivity index (χ0n) is 13.6. The molecule has 1 aliphatic rings. The van der Waals surface area contributed by atoms with Crippen LogP contribution in [0.25, 0.3) is 0 Å². The van der Waals surface area contributed by atoms with Gasteiger partial charge in [0, 0.05) is 18.0 Å². The quantitative estimate of drug-likeness (QED) is 0.833. The molecular formula is C18H29NO. The molecule has 1 heterocycles. The van der Waals surface area contributed by atoms with E-state index in [1.807, 2.05) is 0 Å². The number of benzene rings is 1. The molecule has 1 aromatic rings. The van der Waals surface area contributed by atoms with Gasteiger partial charge in [-0.3, -0.25) is 0 Å². The van der Waals surface area contributed by atoms with Crippen molar-refractivity contribution in [2.45, 2.75) is 71.4 Å².